The van der Waals surface area contributed by atoms with Gasteiger partial charge in [-0.3, -0.25) is 9.78 Å². The molecular formula is C32H37F2N6O5S2+. The number of nitrogens with zero attached hydrogens (tertiary/aromatic N) is 3. The number of nitrogens with one attached hydrogen (secondary N) is 3. The lowest BCUT2D eigenvalue weighted by Gasteiger charge is -2.35. The highest BCUT2D eigenvalue weighted by Gasteiger charge is 2.44. The molecule has 1 aliphatic rings. The van der Waals surface area contributed by atoms with E-state index < -0.39 is 50.5 Å². The van der Waals surface area contributed by atoms with Crippen LogP contribution in [0.15, 0.2) is 35.8 Å². The Balaban J connectivity index is 1.64. The van der Waals surface area contributed by atoms with E-state index in [9.17, 15) is 19.5 Å². The first-order valence-electron chi connectivity index (χ1n) is 15.0. The number of amides is 3. The third kappa shape index (κ3) is 7.46. The van der Waals surface area contributed by atoms with Crippen LogP contribution in [0, 0.1) is 11.6 Å². The first kappa shape index (κ1) is 34.0. The molecule has 4 aromatic rings. The number of carbonyl (C=O) groups is 3. The van der Waals surface area contributed by atoms with E-state index in [1.165, 1.54) is 23.6 Å². The van der Waals surface area contributed by atoms with Crippen LogP contribution in [0.3, 0.4) is 0 Å². The molecule has 1 saturated heterocycles. The van der Waals surface area contributed by atoms with E-state index in [-0.39, 0.29) is 27.3 Å². The third-order valence-corrected chi connectivity index (χ3v) is 10.7. The lowest BCUT2D eigenvalue weighted by atomic mass is 10.0. The summed E-state index contributed by atoms with van der Waals surface area (Å²) in [4.78, 5) is 49.8. The van der Waals surface area contributed by atoms with Crippen LogP contribution in [0.2, 0.25) is 0 Å². The first-order valence-corrected chi connectivity index (χ1v) is 17.1. The van der Waals surface area contributed by atoms with Crippen molar-refractivity contribution in [2.75, 3.05) is 28.6 Å². The Hall–Kier alpha value is -4.37. The summed E-state index contributed by atoms with van der Waals surface area (Å²) in [6.45, 7) is 11.5. The zero-order valence-electron chi connectivity index (χ0n) is 26.9. The largest absolute Gasteiger partial charge is 0.465 e. The molecule has 250 valence electrons. The molecule has 4 heterocycles. The van der Waals surface area contributed by atoms with Crippen molar-refractivity contribution in [3.63, 3.8) is 0 Å². The number of anilines is 3. The van der Waals surface area contributed by atoms with Gasteiger partial charge in [0.05, 0.1) is 27.8 Å². The number of pyridine rings is 1. The minimum atomic E-state index is -1.30. The van der Waals surface area contributed by atoms with Crippen molar-refractivity contribution in [2.24, 2.45) is 0 Å². The summed E-state index contributed by atoms with van der Waals surface area (Å²) in [7, 11) is -1.30. The van der Waals surface area contributed by atoms with Crippen LogP contribution >= 0.6 is 21.8 Å². The van der Waals surface area contributed by atoms with Gasteiger partial charge in [0, 0.05) is 29.6 Å². The molecule has 1 aromatic carbocycles. The van der Waals surface area contributed by atoms with Gasteiger partial charge in [-0.25, -0.2) is 23.7 Å². The number of aromatic nitrogens is 2. The number of benzene rings is 1. The molecule has 3 amide bonds. The monoisotopic (exact) mass is 687 g/mol. The normalized spacial score (nSPS) is 15.8. The van der Waals surface area contributed by atoms with Gasteiger partial charge in [-0.05, 0) is 78.0 Å². The SMILES string of the molecule is CC(C)(C)OC(=O)Nc1c(C(=O)Nc2cnc3ccsc3c2N2CCC[C@H](NC(=O)O)C2)nc(-c2c(F)cccc2F)[s+]1C(C)(C)C. The predicted octanol–water partition coefficient (Wildman–Crippen LogP) is 7.98. The Morgan fingerprint density at radius 1 is 1.09 bits per heavy atom. The lowest BCUT2D eigenvalue weighted by molar-refractivity contribution is 0.0636. The maximum atomic E-state index is 15.2. The average molecular weight is 688 g/mol. The average Bonchev–Trinajstić information content (AvgIpc) is 3.56. The topological polar surface area (TPSA) is 146 Å². The quantitative estimate of drug-likeness (QED) is 0.149. The summed E-state index contributed by atoms with van der Waals surface area (Å²) in [5.74, 6) is -2.44. The molecule has 15 heteroatoms. The third-order valence-electron chi connectivity index (χ3n) is 7.21. The number of piperidine rings is 1. The molecule has 47 heavy (non-hydrogen) atoms. The van der Waals surface area contributed by atoms with Gasteiger partial charge < -0.3 is 25.4 Å². The molecule has 0 radical (unpaired) electrons. The molecule has 2 atom stereocenters. The van der Waals surface area contributed by atoms with Gasteiger partial charge >= 0.3 is 12.2 Å². The molecule has 3 aromatic heterocycles. The summed E-state index contributed by atoms with van der Waals surface area (Å²) in [6.07, 6.45) is 0.914. The number of carboxylic acid groups (broad SMARTS) is 1. The number of hydrogen-bond donors (Lipinski definition) is 4. The summed E-state index contributed by atoms with van der Waals surface area (Å²) in [5.41, 5.74) is 0.216. The first-order chi connectivity index (χ1) is 22.0. The van der Waals surface area contributed by atoms with Gasteiger partial charge in [-0.1, -0.05) is 6.07 Å². The van der Waals surface area contributed by atoms with Crippen LogP contribution in [-0.4, -0.2) is 57.9 Å². The predicted molar refractivity (Wildman–Crippen MR) is 181 cm³/mol. The Labute approximate surface area is 277 Å². The molecule has 0 bridgehead atoms. The van der Waals surface area contributed by atoms with Gasteiger partial charge in [0.25, 0.3) is 15.9 Å². The van der Waals surface area contributed by atoms with E-state index in [0.717, 1.165) is 16.8 Å². The van der Waals surface area contributed by atoms with Gasteiger partial charge in [-0.2, -0.15) is 4.98 Å². The Morgan fingerprint density at radius 3 is 2.43 bits per heavy atom. The van der Waals surface area contributed by atoms with Crippen LogP contribution < -0.4 is 20.9 Å². The number of carbonyl (C=O) groups excluding carboxylic acids is 2. The number of fused-ring (bicyclic) bond motifs is 1. The smallest absolute Gasteiger partial charge is 0.415 e. The second-order valence-electron chi connectivity index (χ2n) is 13.1. The molecule has 4 N–H and O–H groups in total. The maximum Gasteiger partial charge on any atom is 0.415 e. The van der Waals surface area contributed by atoms with Crippen molar-refractivity contribution in [2.45, 2.75) is 70.8 Å². The van der Waals surface area contributed by atoms with E-state index >= 15 is 8.78 Å². The highest BCUT2D eigenvalue weighted by Crippen LogP contribution is 2.53. The molecule has 1 fully saturated rings. The fraction of sp³-hybridized carbons (Fsp3) is 0.406. The van der Waals surface area contributed by atoms with Crippen LogP contribution in [0.1, 0.15) is 64.9 Å². The molecule has 1 unspecified atom stereocenters. The van der Waals surface area contributed by atoms with Crippen molar-refractivity contribution >= 4 is 66.5 Å². The van der Waals surface area contributed by atoms with E-state index in [2.05, 4.69) is 25.9 Å². The molecule has 0 saturated carbocycles. The summed E-state index contributed by atoms with van der Waals surface area (Å²) >= 11 is 1.43. The van der Waals surface area contributed by atoms with Crippen molar-refractivity contribution in [1.29, 1.82) is 0 Å². The van der Waals surface area contributed by atoms with E-state index in [1.807, 2.05) is 37.1 Å². The van der Waals surface area contributed by atoms with Crippen LogP contribution in [0.5, 0.6) is 0 Å². The van der Waals surface area contributed by atoms with Crippen LogP contribution in [-0.2, 0) is 9.48 Å². The van der Waals surface area contributed by atoms with E-state index in [0.29, 0.717) is 42.8 Å². The van der Waals surface area contributed by atoms with Crippen molar-refractivity contribution in [1.82, 2.24) is 15.3 Å². The number of rotatable bonds is 6. The zero-order chi connectivity index (χ0) is 34.3. The molecule has 0 spiro atoms. The fourth-order valence-electron chi connectivity index (χ4n) is 5.47. The minimum absolute atomic E-state index is 0.0185. The van der Waals surface area contributed by atoms with Gasteiger partial charge in [0.15, 0.2) is 0 Å². The number of ether oxygens (including phenoxy) is 1. The zero-order valence-corrected chi connectivity index (χ0v) is 28.5. The number of thiazole rings is 1. The summed E-state index contributed by atoms with van der Waals surface area (Å²) in [5, 5.41) is 19.4. The van der Waals surface area contributed by atoms with Crippen LogP contribution in [0.4, 0.5) is 34.7 Å². The van der Waals surface area contributed by atoms with Crippen molar-refractivity contribution in [3.8, 4) is 10.6 Å². The van der Waals surface area contributed by atoms with Crippen LogP contribution in [0.25, 0.3) is 20.8 Å². The summed E-state index contributed by atoms with van der Waals surface area (Å²) in [6, 6.07) is 4.99. The van der Waals surface area contributed by atoms with Gasteiger partial charge in [0.2, 0.25) is 5.69 Å². The molecule has 5 rings (SSSR count). The van der Waals surface area contributed by atoms with E-state index in [1.54, 1.807) is 20.8 Å². The lowest BCUT2D eigenvalue weighted by Crippen LogP contribution is -2.47. The molecule has 1 aliphatic heterocycles. The fourth-order valence-corrected chi connectivity index (χ4v) is 8.88. The summed E-state index contributed by atoms with van der Waals surface area (Å²) < 4.78 is 36.0. The highest BCUT2D eigenvalue weighted by molar-refractivity contribution is 7.39. The second-order valence-corrected chi connectivity index (χ2v) is 16.6. The van der Waals surface area contributed by atoms with Crippen molar-refractivity contribution in [3.05, 3.63) is 53.2 Å². The van der Waals surface area contributed by atoms with E-state index in [4.69, 9.17) is 4.74 Å². The number of hydrogen-bond acceptors (Lipinski definition) is 8. The number of halogens is 2. The molecule has 11 nitrogen and oxygen atoms in total. The molecular weight excluding hydrogens is 651 g/mol. The minimum Gasteiger partial charge on any atom is -0.465 e. The Morgan fingerprint density at radius 2 is 1.79 bits per heavy atom. The second kappa shape index (κ2) is 13.0. The van der Waals surface area contributed by atoms with Gasteiger partial charge in [0.1, 0.15) is 27.5 Å². The Kier molecular flexibility index (Phi) is 9.42. The standard InChI is InChI=1S/C32H36F2N6O5S2/c1-31(2,3)45-30(44)39-28-23(38-27(47(28)32(4,5)6)22-18(33)10-7-11-19(22)34)26(41)37-21-15-35-20-12-14-46-25(20)24(21)40-13-8-9-17(16-40)36-29(42)43/h7,10-12,14-15,17,36H,8-9,13,16H2,1-6H3,(H2-,37,39,41,42,43,44)/p+1/t17-,47?/m0/s1. The van der Waals surface area contributed by atoms with Gasteiger partial charge in [-0.15, -0.1) is 11.3 Å². The molecule has 0 aliphatic carbocycles. The highest BCUT2D eigenvalue weighted by atomic mass is 32.2. The maximum absolute atomic E-state index is 15.2. The Bertz CT molecular complexity index is 1830. The number of thiophene rings is 1. The van der Waals surface area contributed by atoms with Crippen molar-refractivity contribution < 1.29 is 33.0 Å².